The van der Waals surface area contributed by atoms with Crippen molar-refractivity contribution in [1.29, 1.82) is 0 Å². The molecule has 0 aromatic heterocycles. The normalized spacial score (nSPS) is 28.4. The molecule has 1 aliphatic heterocycles. The van der Waals surface area contributed by atoms with Gasteiger partial charge in [-0.2, -0.15) is 0 Å². The lowest BCUT2D eigenvalue weighted by molar-refractivity contribution is 0.190. The molecule has 3 rings (SSSR count). The van der Waals surface area contributed by atoms with Crippen LogP contribution >= 0.6 is 0 Å². The molecule has 1 aromatic carbocycles. The van der Waals surface area contributed by atoms with Crippen molar-refractivity contribution < 1.29 is 0 Å². The van der Waals surface area contributed by atoms with E-state index in [1.54, 1.807) is 0 Å². The van der Waals surface area contributed by atoms with E-state index in [1.165, 1.54) is 49.0 Å². The van der Waals surface area contributed by atoms with Crippen molar-refractivity contribution >= 4 is 0 Å². The second kappa shape index (κ2) is 5.87. The predicted molar refractivity (Wildman–Crippen MR) is 84.9 cm³/mol. The summed E-state index contributed by atoms with van der Waals surface area (Å²) in [5, 5.41) is 3.78. The van der Waals surface area contributed by atoms with Crippen molar-refractivity contribution in [2.24, 2.45) is 5.92 Å². The molecule has 0 bridgehead atoms. The molecule has 2 unspecified atom stereocenters. The molecule has 1 saturated carbocycles. The molecular formula is C18H28N2. The fourth-order valence-electron chi connectivity index (χ4n) is 3.49. The van der Waals surface area contributed by atoms with Gasteiger partial charge in [-0.05, 0) is 69.2 Å². The predicted octanol–water partition coefficient (Wildman–Crippen LogP) is 3.27. The maximum absolute atomic E-state index is 3.78. The van der Waals surface area contributed by atoms with E-state index in [-0.39, 0.29) is 0 Å². The van der Waals surface area contributed by atoms with Gasteiger partial charge in [-0.15, -0.1) is 0 Å². The zero-order valence-corrected chi connectivity index (χ0v) is 13.2. The summed E-state index contributed by atoms with van der Waals surface area (Å²) in [7, 11) is 0. The first-order valence-corrected chi connectivity index (χ1v) is 8.17. The Morgan fingerprint density at radius 1 is 1.15 bits per heavy atom. The van der Waals surface area contributed by atoms with Crippen LogP contribution in [0.1, 0.15) is 42.9 Å². The second-order valence-electron chi connectivity index (χ2n) is 6.84. The van der Waals surface area contributed by atoms with E-state index in [4.69, 9.17) is 0 Å². The SMILES string of the molecule is Cc1cccc(C)c1CN1CC(C2CC2)NCCC1C. The molecular weight excluding hydrogens is 244 g/mol. The Bertz CT molecular complexity index is 444. The minimum absolute atomic E-state index is 0.685. The lowest BCUT2D eigenvalue weighted by Gasteiger charge is -2.30. The highest BCUT2D eigenvalue weighted by Gasteiger charge is 2.34. The van der Waals surface area contributed by atoms with E-state index in [0.717, 1.165) is 18.5 Å². The molecule has 1 N–H and O–H groups in total. The minimum Gasteiger partial charge on any atom is -0.312 e. The Kier molecular flexibility index (Phi) is 4.13. The number of aryl methyl sites for hydroxylation is 2. The third-order valence-electron chi connectivity index (χ3n) is 5.22. The van der Waals surface area contributed by atoms with Crippen LogP contribution < -0.4 is 5.32 Å². The zero-order valence-electron chi connectivity index (χ0n) is 13.2. The Labute approximate surface area is 123 Å². The number of hydrogen-bond acceptors (Lipinski definition) is 2. The van der Waals surface area contributed by atoms with Gasteiger partial charge in [-0.1, -0.05) is 18.2 Å². The summed E-state index contributed by atoms with van der Waals surface area (Å²) in [4.78, 5) is 2.71. The zero-order chi connectivity index (χ0) is 14.1. The van der Waals surface area contributed by atoms with Crippen molar-refractivity contribution in [2.75, 3.05) is 13.1 Å². The van der Waals surface area contributed by atoms with Crippen molar-refractivity contribution in [3.63, 3.8) is 0 Å². The topological polar surface area (TPSA) is 15.3 Å². The highest BCUT2D eigenvalue weighted by molar-refractivity contribution is 5.33. The van der Waals surface area contributed by atoms with Crippen LogP contribution in [-0.4, -0.2) is 30.1 Å². The Morgan fingerprint density at radius 3 is 2.50 bits per heavy atom. The molecule has 2 nitrogen and oxygen atoms in total. The van der Waals surface area contributed by atoms with Gasteiger partial charge >= 0.3 is 0 Å². The standard InChI is InChI=1S/C18H28N2/c1-13-5-4-6-14(2)17(13)11-20-12-18(16-7-8-16)19-10-9-15(20)3/h4-6,15-16,18-19H,7-12H2,1-3H3. The fourth-order valence-corrected chi connectivity index (χ4v) is 3.49. The van der Waals surface area contributed by atoms with E-state index >= 15 is 0 Å². The summed E-state index contributed by atoms with van der Waals surface area (Å²) in [6, 6.07) is 8.09. The van der Waals surface area contributed by atoms with E-state index in [0.29, 0.717) is 6.04 Å². The number of nitrogens with one attached hydrogen (secondary N) is 1. The summed E-state index contributed by atoms with van der Waals surface area (Å²) >= 11 is 0. The molecule has 110 valence electrons. The van der Waals surface area contributed by atoms with Gasteiger partial charge in [-0.25, -0.2) is 0 Å². The minimum atomic E-state index is 0.685. The third-order valence-corrected chi connectivity index (χ3v) is 5.22. The molecule has 2 aliphatic rings. The summed E-state index contributed by atoms with van der Waals surface area (Å²) < 4.78 is 0. The third kappa shape index (κ3) is 3.07. The van der Waals surface area contributed by atoms with Crippen LogP contribution in [0.2, 0.25) is 0 Å². The monoisotopic (exact) mass is 272 g/mol. The van der Waals surface area contributed by atoms with Gasteiger partial charge in [-0.3, -0.25) is 4.90 Å². The average Bonchev–Trinajstić information content (AvgIpc) is 3.23. The quantitative estimate of drug-likeness (QED) is 0.908. The largest absolute Gasteiger partial charge is 0.312 e. The van der Waals surface area contributed by atoms with Crippen LogP contribution in [0, 0.1) is 19.8 Å². The number of rotatable bonds is 3. The van der Waals surface area contributed by atoms with Gasteiger partial charge in [0.05, 0.1) is 0 Å². The Balaban J connectivity index is 1.76. The van der Waals surface area contributed by atoms with Gasteiger partial charge in [0.25, 0.3) is 0 Å². The maximum Gasteiger partial charge on any atom is 0.0242 e. The van der Waals surface area contributed by atoms with E-state index in [2.05, 4.69) is 49.2 Å². The van der Waals surface area contributed by atoms with Gasteiger partial charge in [0, 0.05) is 25.2 Å². The lowest BCUT2D eigenvalue weighted by Crippen LogP contribution is -2.41. The molecule has 2 fully saturated rings. The molecule has 2 heteroatoms. The summed E-state index contributed by atoms with van der Waals surface area (Å²) in [6.07, 6.45) is 4.14. The van der Waals surface area contributed by atoms with Crippen LogP contribution in [-0.2, 0) is 6.54 Å². The van der Waals surface area contributed by atoms with Crippen molar-refractivity contribution in [3.05, 3.63) is 34.9 Å². The molecule has 2 atom stereocenters. The van der Waals surface area contributed by atoms with Crippen LogP contribution in [0.25, 0.3) is 0 Å². The molecule has 0 radical (unpaired) electrons. The molecule has 1 saturated heterocycles. The van der Waals surface area contributed by atoms with Gasteiger partial charge in [0.15, 0.2) is 0 Å². The van der Waals surface area contributed by atoms with Gasteiger partial charge in [0.2, 0.25) is 0 Å². The molecule has 0 spiro atoms. The smallest absolute Gasteiger partial charge is 0.0242 e. The van der Waals surface area contributed by atoms with Crippen molar-refractivity contribution in [2.45, 2.75) is 58.7 Å². The van der Waals surface area contributed by atoms with Crippen LogP contribution in [0.3, 0.4) is 0 Å². The van der Waals surface area contributed by atoms with Crippen molar-refractivity contribution in [1.82, 2.24) is 10.2 Å². The first-order valence-electron chi connectivity index (χ1n) is 8.17. The first kappa shape index (κ1) is 14.1. The van der Waals surface area contributed by atoms with E-state index in [9.17, 15) is 0 Å². The second-order valence-corrected chi connectivity index (χ2v) is 6.84. The van der Waals surface area contributed by atoms with E-state index in [1.807, 2.05) is 0 Å². The van der Waals surface area contributed by atoms with Gasteiger partial charge < -0.3 is 5.32 Å². The maximum atomic E-state index is 3.78. The van der Waals surface area contributed by atoms with Gasteiger partial charge in [0.1, 0.15) is 0 Å². The molecule has 1 aliphatic carbocycles. The average molecular weight is 272 g/mol. The molecule has 0 amide bonds. The number of nitrogens with zero attached hydrogens (tertiary/aromatic N) is 1. The highest BCUT2D eigenvalue weighted by atomic mass is 15.2. The van der Waals surface area contributed by atoms with Crippen LogP contribution in [0.5, 0.6) is 0 Å². The highest BCUT2D eigenvalue weighted by Crippen LogP contribution is 2.34. The Morgan fingerprint density at radius 2 is 1.85 bits per heavy atom. The van der Waals surface area contributed by atoms with Crippen molar-refractivity contribution in [3.8, 4) is 0 Å². The fraction of sp³-hybridized carbons (Fsp3) is 0.667. The number of benzene rings is 1. The van der Waals surface area contributed by atoms with E-state index < -0.39 is 0 Å². The lowest BCUT2D eigenvalue weighted by atomic mass is 10.0. The first-order chi connectivity index (χ1) is 9.65. The summed E-state index contributed by atoms with van der Waals surface area (Å²) in [6.45, 7) is 10.4. The molecule has 1 heterocycles. The van der Waals surface area contributed by atoms with Crippen LogP contribution in [0.4, 0.5) is 0 Å². The number of hydrogen-bond donors (Lipinski definition) is 1. The molecule has 20 heavy (non-hydrogen) atoms. The summed E-state index contributed by atoms with van der Waals surface area (Å²) in [5.41, 5.74) is 4.42. The van der Waals surface area contributed by atoms with Crippen LogP contribution in [0.15, 0.2) is 18.2 Å². The Hall–Kier alpha value is -0.860. The molecule has 1 aromatic rings. The summed E-state index contributed by atoms with van der Waals surface area (Å²) in [5.74, 6) is 0.945.